The Bertz CT molecular complexity index is 657. The van der Waals surface area contributed by atoms with Gasteiger partial charge < -0.3 is 11.1 Å². The zero-order chi connectivity index (χ0) is 16.8. The van der Waals surface area contributed by atoms with Crippen molar-refractivity contribution in [2.24, 2.45) is 11.7 Å². The van der Waals surface area contributed by atoms with Crippen LogP contribution < -0.4 is 11.1 Å². The van der Waals surface area contributed by atoms with Gasteiger partial charge in [-0.15, -0.1) is 12.4 Å². The molecule has 0 aliphatic heterocycles. The van der Waals surface area contributed by atoms with Gasteiger partial charge in [0.25, 0.3) is 5.91 Å². The first-order valence-corrected chi connectivity index (χ1v) is 8.90. The molecule has 1 saturated carbocycles. The third kappa shape index (κ3) is 5.32. The van der Waals surface area contributed by atoms with E-state index in [0.29, 0.717) is 12.5 Å². The van der Waals surface area contributed by atoms with Crippen molar-refractivity contribution < 1.29 is 4.79 Å². The molecule has 25 heavy (non-hydrogen) atoms. The van der Waals surface area contributed by atoms with Crippen molar-refractivity contribution in [3.05, 3.63) is 71.3 Å². The highest BCUT2D eigenvalue weighted by Crippen LogP contribution is 2.28. The van der Waals surface area contributed by atoms with Crippen LogP contribution in [0.3, 0.4) is 0 Å². The number of nitrogens with one attached hydrogen (secondary N) is 1. The fourth-order valence-corrected chi connectivity index (χ4v) is 3.60. The van der Waals surface area contributed by atoms with Crippen LogP contribution in [0.25, 0.3) is 0 Å². The summed E-state index contributed by atoms with van der Waals surface area (Å²) < 4.78 is 0. The Kier molecular flexibility index (Phi) is 7.48. The molecule has 4 heteroatoms. The molecule has 0 saturated heterocycles. The summed E-state index contributed by atoms with van der Waals surface area (Å²) in [5.41, 5.74) is 8.74. The monoisotopic (exact) mass is 358 g/mol. The highest BCUT2D eigenvalue weighted by molar-refractivity contribution is 5.94. The lowest BCUT2D eigenvalue weighted by molar-refractivity contribution is 0.0905. The molecule has 134 valence electrons. The van der Waals surface area contributed by atoms with Gasteiger partial charge in [0, 0.05) is 18.2 Å². The Hall–Kier alpha value is -1.84. The molecule has 0 heterocycles. The van der Waals surface area contributed by atoms with E-state index in [1.165, 1.54) is 24.8 Å². The molecule has 2 atom stereocenters. The molecule has 3 rings (SSSR count). The van der Waals surface area contributed by atoms with Gasteiger partial charge in [-0.05, 0) is 48.4 Å². The number of nitrogens with two attached hydrogens (primary N) is 1. The Morgan fingerprint density at radius 1 is 0.960 bits per heavy atom. The molecule has 2 aromatic carbocycles. The van der Waals surface area contributed by atoms with Crippen LogP contribution in [-0.2, 0) is 13.0 Å². The summed E-state index contributed by atoms with van der Waals surface area (Å²) in [5, 5.41) is 3.27. The summed E-state index contributed by atoms with van der Waals surface area (Å²) in [7, 11) is 0. The van der Waals surface area contributed by atoms with Crippen LogP contribution >= 0.6 is 12.4 Å². The van der Waals surface area contributed by atoms with Crippen molar-refractivity contribution in [2.75, 3.05) is 0 Å². The Labute approximate surface area is 156 Å². The van der Waals surface area contributed by atoms with Crippen molar-refractivity contribution in [1.82, 2.24) is 5.32 Å². The lowest BCUT2D eigenvalue weighted by Gasteiger charge is -2.32. The van der Waals surface area contributed by atoms with E-state index in [-0.39, 0.29) is 24.4 Å². The first-order chi connectivity index (χ1) is 11.8. The molecule has 1 aliphatic carbocycles. The summed E-state index contributed by atoms with van der Waals surface area (Å²) in [6.45, 7) is 0.504. The predicted octanol–water partition coefficient (Wildman–Crippen LogP) is 4.10. The number of rotatable bonds is 5. The third-order valence-corrected chi connectivity index (χ3v) is 5.02. The predicted molar refractivity (Wildman–Crippen MR) is 105 cm³/mol. The second-order valence-corrected chi connectivity index (χ2v) is 6.72. The van der Waals surface area contributed by atoms with Crippen molar-refractivity contribution in [1.29, 1.82) is 0 Å². The molecule has 1 aliphatic rings. The van der Waals surface area contributed by atoms with Gasteiger partial charge >= 0.3 is 0 Å². The molecule has 0 radical (unpaired) electrons. The fourth-order valence-electron chi connectivity index (χ4n) is 3.60. The minimum atomic E-state index is 0. The van der Waals surface area contributed by atoms with Crippen LogP contribution in [-0.4, -0.2) is 11.9 Å². The first-order valence-electron chi connectivity index (χ1n) is 8.90. The van der Waals surface area contributed by atoms with Crippen LogP contribution in [0.4, 0.5) is 0 Å². The number of carbonyl (C=O) groups is 1. The van der Waals surface area contributed by atoms with Gasteiger partial charge in [-0.25, -0.2) is 0 Å². The quantitative estimate of drug-likeness (QED) is 0.845. The Morgan fingerprint density at radius 3 is 2.32 bits per heavy atom. The molecule has 1 fully saturated rings. The van der Waals surface area contributed by atoms with Crippen LogP contribution in [0.2, 0.25) is 0 Å². The van der Waals surface area contributed by atoms with E-state index in [4.69, 9.17) is 5.73 Å². The maximum atomic E-state index is 12.6. The van der Waals surface area contributed by atoms with Gasteiger partial charge in [-0.2, -0.15) is 0 Å². The van der Waals surface area contributed by atoms with E-state index in [9.17, 15) is 4.79 Å². The van der Waals surface area contributed by atoms with Gasteiger partial charge in [-0.1, -0.05) is 55.3 Å². The van der Waals surface area contributed by atoms with Crippen LogP contribution in [0, 0.1) is 5.92 Å². The van der Waals surface area contributed by atoms with Crippen LogP contribution in [0.15, 0.2) is 54.6 Å². The normalized spacial score (nSPS) is 19.7. The Balaban J connectivity index is 0.00000225. The summed E-state index contributed by atoms with van der Waals surface area (Å²) in [6.07, 6.45) is 5.76. The van der Waals surface area contributed by atoms with Crippen molar-refractivity contribution in [3.8, 4) is 0 Å². The minimum Gasteiger partial charge on any atom is -0.349 e. The zero-order valence-corrected chi connectivity index (χ0v) is 15.3. The number of hydrogen-bond acceptors (Lipinski definition) is 2. The van der Waals surface area contributed by atoms with E-state index in [1.807, 2.05) is 24.3 Å². The summed E-state index contributed by atoms with van der Waals surface area (Å²) >= 11 is 0. The fraction of sp³-hybridized carbons (Fsp3) is 0.381. The third-order valence-electron chi connectivity index (χ3n) is 5.02. The van der Waals surface area contributed by atoms with E-state index in [2.05, 4.69) is 35.6 Å². The van der Waals surface area contributed by atoms with Gasteiger partial charge in [-0.3, -0.25) is 4.79 Å². The lowest BCUT2D eigenvalue weighted by atomic mass is 9.80. The van der Waals surface area contributed by atoms with Crippen LogP contribution in [0.5, 0.6) is 0 Å². The van der Waals surface area contributed by atoms with Gasteiger partial charge in [0.2, 0.25) is 0 Å². The molecule has 0 aromatic heterocycles. The maximum absolute atomic E-state index is 12.6. The largest absolute Gasteiger partial charge is 0.349 e. The molecule has 0 bridgehead atoms. The number of benzene rings is 2. The number of halogens is 1. The standard InChI is InChI=1S/C21H26N2O.ClH/c22-15-17-10-12-18(13-11-17)21(24)23-20-9-5-4-8-19(20)14-16-6-2-1-3-7-16;/h1-3,6-7,10-13,19-20H,4-5,8-9,14-15,22H2,(H,23,24);1H. The highest BCUT2D eigenvalue weighted by atomic mass is 35.5. The average Bonchev–Trinajstić information content (AvgIpc) is 2.64. The molecule has 0 spiro atoms. The SMILES string of the molecule is Cl.NCc1ccc(C(=O)NC2CCCCC2Cc2ccccc2)cc1. The van der Waals surface area contributed by atoms with Gasteiger partial charge in [0.1, 0.15) is 0 Å². The first kappa shape index (κ1) is 19.5. The summed E-state index contributed by atoms with van der Waals surface area (Å²) in [5.74, 6) is 0.553. The Morgan fingerprint density at radius 2 is 1.64 bits per heavy atom. The molecular weight excluding hydrogens is 332 g/mol. The number of amides is 1. The van der Waals surface area contributed by atoms with Crippen molar-refractivity contribution in [2.45, 2.75) is 44.7 Å². The average molecular weight is 359 g/mol. The lowest BCUT2D eigenvalue weighted by Crippen LogP contribution is -2.42. The molecule has 1 amide bonds. The van der Waals surface area contributed by atoms with Crippen LogP contribution in [0.1, 0.15) is 47.2 Å². The number of carbonyl (C=O) groups excluding carboxylic acids is 1. The van der Waals surface area contributed by atoms with Crippen molar-refractivity contribution >= 4 is 18.3 Å². The van der Waals surface area contributed by atoms with E-state index >= 15 is 0 Å². The second-order valence-electron chi connectivity index (χ2n) is 6.72. The topological polar surface area (TPSA) is 55.1 Å². The summed E-state index contributed by atoms with van der Waals surface area (Å²) in [4.78, 5) is 12.6. The zero-order valence-electron chi connectivity index (χ0n) is 14.5. The molecule has 2 unspecified atom stereocenters. The van der Waals surface area contributed by atoms with E-state index in [1.54, 1.807) is 0 Å². The molecule has 3 nitrogen and oxygen atoms in total. The van der Waals surface area contributed by atoms with E-state index < -0.39 is 0 Å². The van der Waals surface area contributed by atoms with Gasteiger partial charge in [0.15, 0.2) is 0 Å². The smallest absolute Gasteiger partial charge is 0.251 e. The highest BCUT2D eigenvalue weighted by Gasteiger charge is 2.26. The maximum Gasteiger partial charge on any atom is 0.251 e. The van der Waals surface area contributed by atoms with Gasteiger partial charge in [0.05, 0.1) is 0 Å². The van der Waals surface area contributed by atoms with Crippen molar-refractivity contribution in [3.63, 3.8) is 0 Å². The molecular formula is C21H27ClN2O. The van der Waals surface area contributed by atoms with E-state index in [0.717, 1.165) is 24.0 Å². The molecule has 3 N–H and O–H groups in total. The second kappa shape index (κ2) is 9.59. The minimum absolute atomic E-state index is 0. The summed E-state index contributed by atoms with van der Waals surface area (Å²) in [6, 6.07) is 18.4. The molecule has 2 aromatic rings. The number of hydrogen-bond donors (Lipinski definition) is 2.